The number of fused-ring (bicyclic) bond motifs is 2. The maximum absolute atomic E-state index is 12.9. The van der Waals surface area contributed by atoms with Crippen LogP contribution in [0.25, 0.3) is 37.9 Å². The van der Waals surface area contributed by atoms with Crippen molar-refractivity contribution in [3.05, 3.63) is 77.6 Å². The molecule has 1 N–H and O–H groups in total. The summed E-state index contributed by atoms with van der Waals surface area (Å²) >= 11 is 1.46. The van der Waals surface area contributed by atoms with Gasteiger partial charge < -0.3 is 13.9 Å². The smallest absolute Gasteiger partial charge is 0.250 e. The Morgan fingerprint density at radius 2 is 1.83 bits per heavy atom. The first-order valence-electron chi connectivity index (χ1n) is 11.5. The van der Waals surface area contributed by atoms with Crippen LogP contribution in [-0.2, 0) is 4.79 Å². The van der Waals surface area contributed by atoms with Gasteiger partial charge in [0.1, 0.15) is 17.1 Å². The van der Waals surface area contributed by atoms with E-state index in [1.807, 2.05) is 63.2 Å². The van der Waals surface area contributed by atoms with E-state index in [0.717, 1.165) is 60.3 Å². The van der Waals surface area contributed by atoms with Crippen LogP contribution in [0.15, 0.2) is 65.3 Å². The molecule has 0 saturated heterocycles. The van der Waals surface area contributed by atoms with Crippen LogP contribution in [0.2, 0.25) is 0 Å². The lowest BCUT2D eigenvalue weighted by molar-refractivity contribution is -0.111. The number of carbonyl (C=O) groups is 1. The molecule has 0 unspecified atom stereocenters. The number of allylic oxidation sites excluding steroid dienone is 1. The van der Waals surface area contributed by atoms with Gasteiger partial charge in [-0.2, -0.15) is 0 Å². The minimum Gasteiger partial charge on any atom is -0.497 e. The van der Waals surface area contributed by atoms with Gasteiger partial charge in [-0.25, -0.2) is 4.98 Å². The molecule has 0 aliphatic heterocycles. The molecule has 0 aliphatic rings. The van der Waals surface area contributed by atoms with Crippen LogP contribution in [0, 0.1) is 13.8 Å². The molecule has 2 aromatic heterocycles. The van der Waals surface area contributed by atoms with Crippen LogP contribution in [0.1, 0.15) is 23.6 Å². The number of amides is 1. The summed E-state index contributed by atoms with van der Waals surface area (Å²) in [5, 5.41) is 4.42. The van der Waals surface area contributed by atoms with Gasteiger partial charge in [0, 0.05) is 28.2 Å². The summed E-state index contributed by atoms with van der Waals surface area (Å²) in [6.07, 6.45) is 3.33. The van der Waals surface area contributed by atoms with E-state index in [9.17, 15) is 4.79 Å². The van der Waals surface area contributed by atoms with Crippen molar-refractivity contribution >= 4 is 49.1 Å². The van der Waals surface area contributed by atoms with Crippen LogP contribution in [0.3, 0.4) is 0 Å². The number of carbonyl (C=O) groups excluding carboxylic acids is 1. The number of hydrogen-bond acceptors (Lipinski definition) is 6. The van der Waals surface area contributed by atoms with Crippen molar-refractivity contribution < 1.29 is 18.7 Å². The molecular formula is C29H26N2O4S. The highest BCUT2D eigenvalue weighted by molar-refractivity contribution is 7.22. The third kappa shape index (κ3) is 4.33. The van der Waals surface area contributed by atoms with Gasteiger partial charge in [-0.3, -0.25) is 10.1 Å². The molecule has 0 radical (unpaired) electrons. The number of ether oxygens (including phenoxy) is 2. The second-order valence-corrected chi connectivity index (χ2v) is 9.67. The highest BCUT2D eigenvalue weighted by atomic mass is 32.1. The van der Waals surface area contributed by atoms with E-state index in [1.165, 1.54) is 11.3 Å². The molecule has 2 heterocycles. The van der Waals surface area contributed by atoms with Crippen molar-refractivity contribution in [2.45, 2.75) is 20.8 Å². The minimum absolute atomic E-state index is 0.245. The van der Waals surface area contributed by atoms with Gasteiger partial charge >= 0.3 is 0 Å². The monoisotopic (exact) mass is 498 g/mol. The molecular weight excluding hydrogens is 472 g/mol. The normalized spacial score (nSPS) is 11.8. The zero-order valence-electron chi connectivity index (χ0n) is 20.8. The van der Waals surface area contributed by atoms with Gasteiger partial charge in [0.05, 0.1) is 30.7 Å². The maximum atomic E-state index is 12.9. The van der Waals surface area contributed by atoms with Gasteiger partial charge in [0.15, 0.2) is 5.13 Å². The highest BCUT2D eigenvalue weighted by Gasteiger charge is 2.19. The SMILES string of the molecule is COc1ccc(-c2coc3c(C)c(OC)c(/C(C)=C/C(=O)Nc4nc5ccc(C)cc5s4)cc23)cc1. The number of furan rings is 1. The van der Waals surface area contributed by atoms with Gasteiger partial charge in [-0.15, -0.1) is 0 Å². The fourth-order valence-electron chi connectivity index (χ4n) is 4.37. The number of nitrogens with zero attached hydrogens (tertiary/aromatic N) is 1. The summed E-state index contributed by atoms with van der Waals surface area (Å²) in [4.78, 5) is 17.4. The fourth-order valence-corrected chi connectivity index (χ4v) is 5.33. The first-order chi connectivity index (χ1) is 17.4. The Labute approximate surface area is 213 Å². The molecule has 0 aliphatic carbocycles. The highest BCUT2D eigenvalue weighted by Crippen LogP contribution is 2.41. The molecule has 5 rings (SSSR count). The van der Waals surface area contributed by atoms with E-state index < -0.39 is 0 Å². The van der Waals surface area contributed by atoms with Gasteiger partial charge in [0.2, 0.25) is 5.91 Å². The average molecular weight is 499 g/mol. The standard InChI is InChI=1S/C29H26N2O4S/c1-16-6-11-24-25(12-16)36-29(30-24)31-26(32)13-17(2)21-14-22-23(19-7-9-20(33-4)10-8-19)15-35-28(22)18(3)27(21)34-5/h6-15H,1-5H3,(H,30,31,32)/b17-13+. The zero-order valence-corrected chi connectivity index (χ0v) is 21.6. The molecule has 3 aromatic carbocycles. The molecule has 0 atom stereocenters. The van der Waals surface area contributed by atoms with Crippen LogP contribution >= 0.6 is 11.3 Å². The molecule has 7 heteroatoms. The lowest BCUT2D eigenvalue weighted by Crippen LogP contribution is -2.08. The van der Waals surface area contributed by atoms with Gasteiger partial charge in [-0.05, 0) is 67.8 Å². The molecule has 0 saturated carbocycles. The quantitative estimate of drug-likeness (QED) is 0.247. The van der Waals surface area contributed by atoms with Crippen LogP contribution in [-0.4, -0.2) is 25.1 Å². The topological polar surface area (TPSA) is 73.6 Å². The largest absolute Gasteiger partial charge is 0.497 e. The third-order valence-electron chi connectivity index (χ3n) is 6.20. The van der Waals surface area contributed by atoms with Crippen LogP contribution < -0.4 is 14.8 Å². The number of aromatic nitrogens is 1. The molecule has 6 nitrogen and oxygen atoms in total. The van der Waals surface area contributed by atoms with E-state index >= 15 is 0 Å². The van der Waals surface area contributed by atoms with Crippen molar-refractivity contribution in [2.75, 3.05) is 19.5 Å². The number of aryl methyl sites for hydroxylation is 2. The first-order valence-corrected chi connectivity index (χ1v) is 12.3. The molecule has 0 spiro atoms. The summed E-state index contributed by atoms with van der Waals surface area (Å²) < 4.78 is 18.0. The molecule has 182 valence electrons. The Balaban J connectivity index is 1.51. The number of rotatable bonds is 6. The minimum atomic E-state index is -0.245. The zero-order chi connectivity index (χ0) is 25.4. The van der Waals surface area contributed by atoms with Crippen molar-refractivity contribution in [3.8, 4) is 22.6 Å². The molecule has 36 heavy (non-hydrogen) atoms. The second-order valence-electron chi connectivity index (χ2n) is 8.64. The maximum Gasteiger partial charge on any atom is 0.250 e. The van der Waals surface area contributed by atoms with E-state index in [4.69, 9.17) is 13.9 Å². The van der Waals surface area contributed by atoms with Crippen LogP contribution in [0.4, 0.5) is 5.13 Å². The predicted molar refractivity (Wildman–Crippen MR) is 146 cm³/mol. The fraction of sp³-hybridized carbons (Fsp3) is 0.172. The summed E-state index contributed by atoms with van der Waals surface area (Å²) in [6.45, 7) is 5.90. The van der Waals surface area contributed by atoms with Crippen molar-refractivity contribution in [3.63, 3.8) is 0 Å². The van der Waals surface area contributed by atoms with Gasteiger partial charge in [-0.1, -0.05) is 29.5 Å². The number of benzene rings is 3. The predicted octanol–water partition coefficient (Wildman–Crippen LogP) is 7.39. The number of thiazole rings is 1. The average Bonchev–Trinajstić information content (AvgIpc) is 3.47. The van der Waals surface area contributed by atoms with E-state index in [1.54, 1.807) is 26.6 Å². The Kier molecular flexibility index (Phi) is 6.24. The van der Waals surface area contributed by atoms with E-state index in [-0.39, 0.29) is 5.91 Å². The van der Waals surface area contributed by atoms with E-state index in [2.05, 4.69) is 16.4 Å². The lowest BCUT2D eigenvalue weighted by Gasteiger charge is -2.13. The first kappa shape index (κ1) is 23.6. The summed E-state index contributed by atoms with van der Waals surface area (Å²) in [7, 11) is 3.27. The van der Waals surface area contributed by atoms with Gasteiger partial charge in [0.25, 0.3) is 0 Å². The number of methoxy groups -OCH3 is 2. The lowest BCUT2D eigenvalue weighted by atomic mass is 9.96. The van der Waals surface area contributed by atoms with Crippen molar-refractivity contribution in [1.82, 2.24) is 4.98 Å². The van der Waals surface area contributed by atoms with Crippen LogP contribution in [0.5, 0.6) is 11.5 Å². The summed E-state index contributed by atoms with van der Waals surface area (Å²) in [5.74, 6) is 1.22. The molecule has 5 aromatic rings. The van der Waals surface area contributed by atoms with Crippen molar-refractivity contribution in [2.24, 2.45) is 0 Å². The Morgan fingerprint density at radius 1 is 1.06 bits per heavy atom. The Bertz CT molecular complexity index is 1630. The Morgan fingerprint density at radius 3 is 2.56 bits per heavy atom. The third-order valence-corrected chi connectivity index (χ3v) is 7.13. The Hall–Kier alpha value is -4.10. The number of hydrogen-bond donors (Lipinski definition) is 1. The summed E-state index contributed by atoms with van der Waals surface area (Å²) in [6, 6.07) is 15.9. The second kappa shape index (κ2) is 9.51. The molecule has 0 fully saturated rings. The number of anilines is 1. The molecule has 1 amide bonds. The molecule has 0 bridgehead atoms. The van der Waals surface area contributed by atoms with E-state index in [0.29, 0.717) is 10.9 Å². The number of nitrogens with one attached hydrogen (secondary N) is 1. The van der Waals surface area contributed by atoms with Crippen molar-refractivity contribution in [1.29, 1.82) is 0 Å². The summed E-state index contributed by atoms with van der Waals surface area (Å²) in [5.41, 5.74) is 7.23.